The highest BCUT2D eigenvalue weighted by Gasteiger charge is 2.35. The van der Waals surface area contributed by atoms with E-state index in [2.05, 4.69) is 15.5 Å². The monoisotopic (exact) mass is 636 g/mol. The molecule has 3 aromatic rings. The molecule has 2 atom stereocenters. The van der Waals surface area contributed by atoms with Gasteiger partial charge in [-0.2, -0.15) is 0 Å². The highest BCUT2D eigenvalue weighted by Crippen LogP contribution is 2.31. The van der Waals surface area contributed by atoms with Gasteiger partial charge in [0.15, 0.2) is 18.1 Å². The Morgan fingerprint density at radius 1 is 1.04 bits per heavy atom. The van der Waals surface area contributed by atoms with E-state index < -0.39 is 29.8 Å². The maximum absolute atomic E-state index is 14.6. The molecule has 3 amide bonds. The minimum absolute atomic E-state index is 0.0569. The van der Waals surface area contributed by atoms with Crippen LogP contribution in [0.5, 0.6) is 17.2 Å². The number of fused-ring (bicyclic) bond motifs is 5. The van der Waals surface area contributed by atoms with Gasteiger partial charge >= 0.3 is 0 Å². The molecule has 3 aromatic carbocycles. The van der Waals surface area contributed by atoms with Gasteiger partial charge in [0, 0.05) is 56.3 Å². The Morgan fingerprint density at radius 3 is 2.64 bits per heavy atom. The van der Waals surface area contributed by atoms with Crippen molar-refractivity contribution in [2.45, 2.75) is 38.0 Å². The van der Waals surface area contributed by atoms with E-state index in [1.807, 2.05) is 6.07 Å². The summed E-state index contributed by atoms with van der Waals surface area (Å²) < 4.78 is 32.0. The Balaban J connectivity index is 1.25. The lowest BCUT2D eigenvalue weighted by Gasteiger charge is -2.39. The number of nitrogens with zero attached hydrogens (tertiary/aromatic N) is 2. The van der Waals surface area contributed by atoms with Gasteiger partial charge in [0.25, 0.3) is 17.7 Å². The van der Waals surface area contributed by atoms with Crippen molar-refractivity contribution in [3.8, 4) is 17.2 Å². The summed E-state index contributed by atoms with van der Waals surface area (Å²) >= 11 is 6.60. The number of nitrogens with one attached hydrogen (secondary N) is 2. The molecule has 2 saturated heterocycles. The second-order valence-corrected chi connectivity index (χ2v) is 11.8. The van der Waals surface area contributed by atoms with E-state index in [-0.39, 0.29) is 42.7 Å². The third-order valence-electron chi connectivity index (χ3n) is 8.28. The number of amides is 3. The summed E-state index contributed by atoms with van der Waals surface area (Å²) in [5.41, 5.74) is 2.15. The molecule has 0 spiro atoms. The van der Waals surface area contributed by atoms with Crippen LogP contribution in [0, 0.1) is 5.82 Å². The molecule has 0 radical (unpaired) electrons. The van der Waals surface area contributed by atoms with Crippen molar-refractivity contribution in [2.75, 3.05) is 44.8 Å². The molecule has 3 aliphatic rings. The van der Waals surface area contributed by atoms with Gasteiger partial charge in [-0.15, -0.1) is 0 Å². The molecule has 45 heavy (non-hydrogen) atoms. The predicted molar refractivity (Wildman–Crippen MR) is 166 cm³/mol. The van der Waals surface area contributed by atoms with E-state index in [0.717, 1.165) is 31.6 Å². The van der Waals surface area contributed by atoms with Gasteiger partial charge < -0.3 is 34.6 Å². The number of hydrogen-bond donors (Lipinski definition) is 2. The number of hydrogen-bond acceptors (Lipinski definition) is 7. The lowest BCUT2D eigenvalue weighted by atomic mass is 10.00. The molecule has 0 aliphatic carbocycles. The summed E-state index contributed by atoms with van der Waals surface area (Å²) in [6, 6.07) is 13.6. The smallest absolute Gasteiger partial charge is 0.258 e. The summed E-state index contributed by atoms with van der Waals surface area (Å²) in [4.78, 5) is 43.5. The number of halogens is 2. The molecule has 4 bridgehead atoms. The average molecular weight is 637 g/mol. The third-order valence-corrected chi connectivity index (χ3v) is 8.58. The van der Waals surface area contributed by atoms with Crippen molar-refractivity contribution < 1.29 is 33.0 Å². The second-order valence-electron chi connectivity index (χ2n) is 11.4. The first-order valence-electron chi connectivity index (χ1n) is 15.0. The Labute approximate surface area is 265 Å². The minimum atomic E-state index is -0.634. The Morgan fingerprint density at radius 2 is 1.87 bits per heavy atom. The van der Waals surface area contributed by atoms with Gasteiger partial charge in [-0.3, -0.25) is 14.4 Å². The van der Waals surface area contributed by atoms with Crippen LogP contribution in [-0.4, -0.2) is 74.7 Å². The fraction of sp³-hybridized carbons (Fsp3) is 0.364. The number of methoxy groups -OCH3 is 1. The first kappa shape index (κ1) is 30.5. The lowest BCUT2D eigenvalue weighted by Crippen LogP contribution is -2.58. The second kappa shape index (κ2) is 13.2. The first-order chi connectivity index (χ1) is 21.8. The zero-order chi connectivity index (χ0) is 31.5. The number of carbonyl (C=O) groups is 3. The highest BCUT2D eigenvalue weighted by atomic mass is 35.5. The molecule has 2 fully saturated rings. The molecule has 10 nitrogen and oxygen atoms in total. The molecule has 2 N–H and O–H groups in total. The van der Waals surface area contributed by atoms with Crippen LogP contribution >= 0.6 is 11.6 Å². The largest absolute Gasteiger partial charge is 0.493 e. The van der Waals surface area contributed by atoms with Crippen LogP contribution < -0.4 is 29.7 Å². The molecule has 3 aliphatic heterocycles. The summed E-state index contributed by atoms with van der Waals surface area (Å²) in [5.74, 6) is -0.808. The summed E-state index contributed by atoms with van der Waals surface area (Å²) in [7, 11) is 1.46. The van der Waals surface area contributed by atoms with Crippen LogP contribution in [0.15, 0.2) is 54.6 Å². The van der Waals surface area contributed by atoms with Gasteiger partial charge in [-0.25, -0.2) is 4.39 Å². The Kier molecular flexibility index (Phi) is 8.97. The number of likely N-dealkylation sites (tertiary alicyclic amines) is 1. The van der Waals surface area contributed by atoms with Crippen LogP contribution in [0.3, 0.4) is 0 Å². The quantitative estimate of drug-likeness (QED) is 0.444. The van der Waals surface area contributed by atoms with Crippen molar-refractivity contribution in [2.24, 2.45) is 0 Å². The average Bonchev–Trinajstić information content (AvgIpc) is 3.57. The first-order valence-corrected chi connectivity index (χ1v) is 15.3. The van der Waals surface area contributed by atoms with E-state index in [4.69, 9.17) is 25.8 Å². The number of rotatable bonds is 3. The van der Waals surface area contributed by atoms with Gasteiger partial charge in [-0.1, -0.05) is 11.6 Å². The maximum Gasteiger partial charge on any atom is 0.258 e. The van der Waals surface area contributed by atoms with Crippen molar-refractivity contribution in [1.82, 2.24) is 15.5 Å². The normalized spacial score (nSPS) is 20.3. The molecule has 3 heterocycles. The van der Waals surface area contributed by atoms with E-state index in [0.29, 0.717) is 34.9 Å². The number of benzene rings is 3. The van der Waals surface area contributed by atoms with Crippen molar-refractivity contribution in [3.05, 3.63) is 82.1 Å². The number of anilines is 1. The zero-order valence-corrected chi connectivity index (χ0v) is 25.6. The van der Waals surface area contributed by atoms with Gasteiger partial charge in [0.05, 0.1) is 23.9 Å². The topological polar surface area (TPSA) is 109 Å². The molecular weight excluding hydrogens is 603 g/mol. The molecule has 0 unspecified atom stereocenters. The molecule has 0 saturated carbocycles. The lowest BCUT2D eigenvalue weighted by molar-refractivity contribution is -0.125. The third kappa shape index (κ3) is 6.93. The van der Waals surface area contributed by atoms with Crippen molar-refractivity contribution >= 4 is 35.0 Å². The standard InChI is InChI=1S/C33H34ClFN4O6/c1-43-29-7-5-21-15-30(29)44-19-31(40)37-26-18-39(33(42)22-4-6-27(25(34)14-22)38-9-2-3-10-38)11-8-28(26)45-24-13-20(12-23(35)16-24)17-36-32(21)41/h4-7,12-16,26,28H,2-3,8-11,17-19H2,1H3,(H,36,41)(H,37,40)/t26-,28+/m1/s1. The highest BCUT2D eigenvalue weighted by molar-refractivity contribution is 6.33. The van der Waals surface area contributed by atoms with Gasteiger partial charge in [-0.05, 0) is 66.9 Å². The van der Waals surface area contributed by atoms with Crippen LogP contribution in [-0.2, 0) is 11.3 Å². The van der Waals surface area contributed by atoms with Crippen LogP contribution in [0.1, 0.15) is 45.5 Å². The number of carbonyl (C=O) groups excluding carboxylic acids is 3. The Hall–Kier alpha value is -4.51. The SMILES string of the molecule is COc1ccc2cc1OCC(=O)N[C@@H]1CN(C(=O)c3ccc(N4CCCC4)c(Cl)c3)CC[C@@H]1Oc1cc(F)cc(c1)CNC2=O. The van der Waals surface area contributed by atoms with Gasteiger partial charge in [0.2, 0.25) is 0 Å². The fourth-order valence-electron chi connectivity index (χ4n) is 6.00. The fourth-order valence-corrected chi connectivity index (χ4v) is 6.30. The molecule has 0 aromatic heterocycles. The van der Waals surface area contributed by atoms with Crippen molar-refractivity contribution in [1.29, 1.82) is 0 Å². The maximum atomic E-state index is 14.6. The Bertz CT molecular complexity index is 1610. The van der Waals surface area contributed by atoms with E-state index >= 15 is 0 Å². The van der Waals surface area contributed by atoms with E-state index in [1.54, 1.807) is 35.2 Å². The zero-order valence-electron chi connectivity index (χ0n) is 24.8. The van der Waals surface area contributed by atoms with Gasteiger partial charge in [0.1, 0.15) is 17.7 Å². The summed E-state index contributed by atoms with van der Waals surface area (Å²) in [6.07, 6.45) is 2.02. The van der Waals surface area contributed by atoms with Crippen molar-refractivity contribution in [3.63, 3.8) is 0 Å². The number of piperidine rings is 1. The molecular formula is C33H34ClFN4O6. The summed E-state index contributed by atoms with van der Waals surface area (Å²) in [5, 5.41) is 6.24. The van der Waals surface area contributed by atoms with E-state index in [9.17, 15) is 18.8 Å². The molecule has 12 heteroatoms. The molecule has 6 rings (SSSR count). The minimum Gasteiger partial charge on any atom is -0.493 e. The summed E-state index contributed by atoms with van der Waals surface area (Å²) in [6.45, 7) is 2.05. The van der Waals surface area contributed by atoms with Crippen LogP contribution in [0.4, 0.5) is 10.1 Å². The predicted octanol–water partition coefficient (Wildman–Crippen LogP) is 4.19. The van der Waals surface area contributed by atoms with E-state index in [1.165, 1.54) is 25.3 Å². The molecule has 236 valence electrons. The van der Waals surface area contributed by atoms with Crippen LogP contribution in [0.25, 0.3) is 0 Å². The van der Waals surface area contributed by atoms with Crippen LogP contribution in [0.2, 0.25) is 5.02 Å². The number of ether oxygens (including phenoxy) is 3.